The van der Waals surface area contributed by atoms with E-state index in [1.165, 1.54) is 0 Å². The van der Waals surface area contributed by atoms with E-state index >= 15 is 0 Å². The van der Waals surface area contributed by atoms with E-state index in [9.17, 15) is 14.9 Å². The first-order valence-corrected chi connectivity index (χ1v) is 12.5. The highest BCUT2D eigenvalue weighted by atomic mass is 16.5. The molecule has 0 radical (unpaired) electrons. The second kappa shape index (κ2) is 11.0. The molecule has 1 atom stereocenters. The van der Waals surface area contributed by atoms with Gasteiger partial charge in [0.15, 0.2) is 0 Å². The largest absolute Gasteiger partial charge is 0.489 e. The number of aromatic nitrogens is 2. The summed E-state index contributed by atoms with van der Waals surface area (Å²) in [7, 11) is 0. The van der Waals surface area contributed by atoms with E-state index in [0.717, 1.165) is 23.7 Å². The Balaban J connectivity index is 1.52. The molecule has 1 N–H and O–H groups in total. The molecular weight excluding hydrogens is 482 g/mol. The van der Waals surface area contributed by atoms with E-state index in [1.54, 1.807) is 27.8 Å². The molecular formula is C29H27N5O4. The predicted molar refractivity (Wildman–Crippen MR) is 142 cm³/mol. The lowest BCUT2D eigenvalue weighted by molar-refractivity contribution is -0.121. The Morgan fingerprint density at radius 1 is 1.11 bits per heavy atom. The van der Waals surface area contributed by atoms with Gasteiger partial charge in [0.2, 0.25) is 0 Å². The Kier molecular flexibility index (Phi) is 7.22. The molecule has 0 bridgehead atoms. The van der Waals surface area contributed by atoms with Crippen LogP contribution in [-0.4, -0.2) is 41.0 Å². The van der Waals surface area contributed by atoms with Gasteiger partial charge in [-0.05, 0) is 36.8 Å². The summed E-state index contributed by atoms with van der Waals surface area (Å²) in [5.41, 5.74) is 3.17. The predicted octanol–water partition coefficient (Wildman–Crippen LogP) is 4.72. The zero-order chi connectivity index (χ0) is 26.5. The number of nitriles is 1. The fraction of sp³-hybridized carbons (Fsp3) is 0.241. The number of hydrogen-bond donors (Lipinski definition) is 1. The van der Waals surface area contributed by atoms with Gasteiger partial charge in [0, 0.05) is 5.39 Å². The number of unbranched alkanes of at least 4 members (excludes halogenated alkanes) is 1. The minimum absolute atomic E-state index is 0.0278. The molecule has 38 heavy (non-hydrogen) atoms. The highest BCUT2D eigenvalue weighted by Gasteiger charge is 2.34. The van der Waals surface area contributed by atoms with Gasteiger partial charge in [0.25, 0.3) is 5.91 Å². The first-order valence-electron chi connectivity index (χ1n) is 12.5. The average Bonchev–Trinajstić information content (AvgIpc) is 3.26. The molecule has 9 heteroatoms. The summed E-state index contributed by atoms with van der Waals surface area (Å²) in [6.07, 6.45) is 0.973. The van der Waals surface area contributed by atoms with Gasteiger partial charge >= 0.3 is 6.09 Å². The topological polar surface area (TPSA) is 109 Å². The van der Waals surface area contributed by atoms with E-state index in [2.05, 4.69) is 11.4 Å². The van der Waals surface area contributed by atoms with Crippen molar-refractivity contribution in [1.29, 1.82) is 5.26 Å². The normalized spacial score (nSPS) is 14.8. The number of hydrogen-bond acceptors (Lipinski definition) is 6. The Hall–Kier alpha value is -4.84. The third-order valence-electron chi connectivity index (χ3n) is 6.37. The van der Waals surface area contributed by atoms with Gasteiger partial charge < -0.3 is 19.7 Å². The molecule has 1 aliphatic heterocycles. The number of ether oxygens (including phenoxy) is 2. The highest BCUT2D eigenvalue weighted by molar-refractivity contribution is 6.01. The Morgan fingerprint density at radius 2 is 1.84 bits per heavy atom. The third-order valence-corrected chi connectivity index (χ3v) is 6.37. The Morgan fingerprint density at radius 3 is 2.66 bits per heavy atom. The molecule has 4 aromatic rings. The van der Waals surface area contributed by atoms with Gasteiger partial charge in [-0.3, -0.25) is 4.79 Å². The van der Waals surface area contributed by atoms with E-state index < -0.39 is 12.1 Å². The molecule has 2 heterocycles. The molecule has 1 aliphatic rings. The first-order chi connectivity index (χ1) is 18.6. The highest BCUT2D eigenvalue weighted by Crippen LogP contribution is 2.33. The van der Waals surface area contributed by atoms with Crippen molar-refractivity contribution in [2.75, 3.05) is 18.1 Å². The molecule has 3 aromatic carbocycles. The number of carbonyl (C=O) groups excluding carboxylic acids is 2. The number of rotatable bonds is 7. The minimum atomic E-state index is -0.941. The zero-order valence-corrected chi connectivity index (χ0v) is 21.0. The third kappa shape index (κ3) is 4.89. The van der Waals surface area contributed by atoms with Crippen LogP contribution in [-0.2, 0) is 16.1 Å². The number of amides is 2. The van der Waals surface area contributed by atoms with Crippen LogP contribution in [0.4, 0.5) is 10.5 Å². The van der Waals surface area contributed by atoms with Crippen molar-refractivity contribution in [2.24, 2.45) is 0 Å². The van der Waals surface area contributed by atoms with Crippen LogP contribution in [0.2, 0.25) is 0 Å². The van der Waals surface area contributed by atoms with Gasteiger partial charge in [-0.25, -0.2) is 9.48 Å². The second-order valence-electron chi connectivity index (χ2n) is 8.89. The number of carbonyl (C=O) groups is 2. The van der Waals surface area contributed by atoms with E-state index in [0.29, 0.717) is 28.4 Å². The zero-order valence-electron chi connectivity index (χ0n) is 21.0. The van der Waals surface area contributed by atoms with Crippen LogP contribution >= 0.6 is 0 Å². The monoisotopic (exact) mass is 509 g/mol. The second-order valence-corrected chi connectivity index (χ2v) is 8.89. The average molecular weight is 510 g/mol. The number of nitrogens with one attached hydrogen (secondary N) is 1. The summed E-state index contributed by atoms with van der Waals surface area (Å²) >= 11 is 0. The standard InChI is InChI=1S/C29H27N5O4/c1-2-3-16-37-29(36)31-23-19-38-27-15-9-8-14-26(27)33(28(23)35)18-22-21-11-5-7-13-25(21)34(32-22)24-12-6-4-10-20(24)17-30/h4-15,23H,2-3,16,18-19H2,1H3,(H,31,36). The smallest absolute Gasteiger partial charge is 0.407 e. The lowest BCUT2D eigenvalue weighted by atomic mass is 10.1. The number of para-hydroxylation sites is 4. The SMILES string of the molecule is CCCCOC(=O)NC1COc2ccccc2N(Cc2nn(-c3ccccc3C#N)c3ccccc23)C1=O. The Labute approximate surface area is 220 Å². The number of benzene rings is 3. The van der Waals surface area contributed by atoms with Gasteiger partial charge in [0.1, 0.15) is 24.5 Å². The summed E-state index contributed by atoms with van der Waals surface area (Å²) in [6.45, 7) is 2.38. The van der Waals surface area contributed by atoms with Crippen LogP contribution in [0.3, 0.4) is 0 Å². The van der Waals surface area contributed by atoms with E-state index in [-0.39, 0.29) is 25.7 Å². The fourth-order valence-electron chi connectivity index (χ4n) is 4.45. The first kappa shape index (κ1) is 24.8. The molecule has 1 unspecified atom stereocenters. The van der Waals surface area contributed by atoms with Gasteiger partial charge in [-0.15, -0.1) is 0 Å². The summed E-state index contributed by atoms with van der Waals surface area (Å²) in [6, 6.07) is 23.5. The van der Waals surface area contributed by atoms with Gasteiger partial charge in [-0.2, -0.15) is 10.4 Å². The van der Waals surface area contributed by atoms with Gasteiger partial charge in [0.05, 0.1) is 41.3 Å². The van der Waals surface area contributed by atoms with Crippen LogP contribution in [0.15, 0.2) is 72.8 Å². The maximum absolute atomic E-state index is 13.8. The van der Waals surface area contributed by atoms with Crippen molar-refractivity contribution in [3.05, 3.63) is 84.1 Å². The lowest BCUT2D eigenvalue weighted by Crippen LogP contribution is -2.50. The van der Waals surface area contributed by atoms with E-state index in [1.807, 2.05) is 61.5 Å². The maximum atomic E-state index is 13.8. The summed E-state index contributed by atoms with van der Waals surface area (Å²) in [5.74, 6) is 0.196. The molecule has 0 saturated carbocycles. The summed E-state index contributed by atoms with van der Waals surface area (Å²) in [5, 5.41) is 18.0. The van der Waals surface area contributed by atoms with Crippen LogP contribution in [0.25, 0.3) is 16.6 Å². The van der Waals surface area contributed by atoms with Crippen molar-refractivity contribution < 1.29 is 19.1 Å². The van der Waals surface area contributed by atoms with Crippen LogP contribution in [0.1, 0.15) is 31.0 Å². The van der Waals surface area contributed by atoms with Crippen molar-refractivity contribution >= 4 is 28.6 Å². The molecule has 0 saturated heterocycles. The molecule has 0 fully saturated rings. The van der Waals surface area contributed by atoms with Crippen LogP contribution < -0.4 is 15.0 Å². The number of alkyl carbamates (subject to hydrolysis) is 1. The fourth-order valence-corrected chi connectivity index (χ4v) is 4.45. The molecule has 0 aliphatic carbocycles. The molecule has 1 aromatic heterocycles. The van der Waals surface area contributed by atoms with Gasteiger partial charge in [-0.1, -0.05) is 55.8 Å². The quantitative estimate of drug-likeness (QED) is 0.361. The number of anilines is 1. The molecule has 9 nitrogen and oxygen atoms in total. The summed E-state index contributed by atoms with van der Waals surface area (Å²) in [4.78, 5) is 27.7. The Bertz CT molecular complexity index is 1520. The van der Waals surface area contributed by atoms with Crippen LogP contribution in [0.5, 0.6) is 5.75 Å². The van der Waals surface area contributed by atoms with Crippen molar-refractivity contribution in [1.82, 2.24) is 15.1 Å². The van der Waals surface area contributed by atoms with Crippen molar-refractivity contribution in [3.8, 4) is 17.5 Å². The van der Waals surface area contributed by atoms with Crippen molar-refractivity contribution in [2.45, 2.75) is 32.4 Å². The number of nitrogens with zero attached hydrogens (tertiary/aromatic N) is 4. The molecule has 0 spiro atoms. The summed E-state index contributed by atoms with van der Waals surface area (Å²) < 4.78 is 12.9. The lowest BCUT2D eigenvalue weighted by Gasteiger charge is -2.24. The van der Waals surface area contributed by atoms with E-state index in [4.69, 9.17) is 14.6 Å². The molecule has 2 amide bonds. The molecule has 192 valence electrons. The van der Waals surface area contributed by atoms with Crippen LogP contribution in [0, 0.1) is 11.3 Å². The minimum Gasteiger partial charge on any atom is -0.489 e. The molecule has 5 rings (SSSR count). The van der Waals surface area contributed by atoms with Crippen molar-refractivity contribution in [3.63, 3.8) is 0 Å². The number of fused-ring (bicyclic) bond motifs is 2. The maximum Gasteiger partial charge on any atom is 0.407 e.